The number of aromatic nitrogens is 3. The number of aryl methyl sites for hydroxylation is 1. The minimum atomic E-state index is -1.01. The molecule has 0 aliphatic heterocycles. The number of hydrogen-bond donors (Lipinski definition) is 2. The average molecular weight is 319 g/mol. The van der Waals surface area contributed by atoms with Crippen molar-refractivity contribution in [1.29, 1.82) is 0 Å². The molecule has 7 heteroatoms. The topological polar surface area (TPSA) is 80.0 Å². The molecular weight excluding hydrogens is 304 g/mol. The Kier molecular flexibility index (Phi) is 4.11. The first kappa shape index (κ1) is 14.6. The molecule has 1 aromatic carbocycles. The second-order valence-electron chi connectivity index (χ2n) is 4.91. The van der Waals surface area contributed by atoms with Gasteiger partial charge in [-0.2, -0.15) is 0 Å². The van der Waals surface area contributed by atoms with Crippen molar-refractivity contribution in [2.24, 2.45) is 0 Å². The molecule has 0 saturated heterocycles. The molecule has 0 radical (unpaired) electrons. The maximum absolute atomic E-state index is 10.5. The third kappa shape index (κ3) is 2.69. The van der Waals surface area contributed by atoms with Crippen LogP contribution in [-0.2, 0) is 12.4 Å². The molecule has 3 aromatic rings. The fourth-order valence-electron chi connectivity index (χ4n) is 2.59. The van der Waals surface area contributed by atoms with Crippen molar-refractivity contribution in [3.63, 3.8) is 0 Å². The van der Waals surface area contributed by atoms with Crippen molar-refractivity contribution in [1.82, 2.24) is 19.9 Å². The smallest absolute Gasteiger partial charge is 0.404 e. The molecule has 3 rings (SSSR count). The third-order valence-corrected chi connectivity index (χ3v) is 3.75. The zero-order chi connectivity index (χ0) is 15.5. The van der Waals surface area contributed by atoms with Crippen LogP contribution < -0.4 is 5.32 Å². The molecule has 0 fully saturated rings. The standard InChI is InChI=1S/C15H15ClN4O2/c16-8-13-19-12-9-18-11-5-2-1-4-10(11)14(12)20(13)7-3-6-17-15(21)22/h1-2,4-5,9,17H,3,6-8H2,(H,21,22). The number of fused-ring (bicyclic) bond motifs is 3. The van der Waals surface area contributed by atoms with Crippen LogP contribution in [0.5, 0.6) is 0 Å². The monoisotopic (exact) mass is 318 g/mol. The fourth-order valence-corrected chi connectivity index (χ4v) is 2.79. The van der Waals surface area contributed by atoms with E-state index in [1.165, 1.54) is 0 Å². The van der Waals surface area contributed by atoms with Gasteiger partial charge in [-0.05, 0) is 12.5 Å². The normalized spacial score (nSPS) is 11.1. The number of imidazole rings is 1. The van der Waals surface area contributed by atoms with Gasteiger partial charge >= 0.3 is 6.09 Å². The number of nitrogens with zero attached hydrogens (tertiary/aromatic N) is 3. The van der Waals surface area contributed by atoms with Gasteiger partial charge in [0.1, 0.15) is 11.3 Å². The van der Waals surface area contributed by atoms with E-state index in [1.807, 2.05) is 24.3 Å². The second kappa shape index (κ2) is 6.19. The van der Waals surface area contributed by atoms with Crippen LogP contribution in [0.3, 0.4) is 0 Å². The largest absolute Gasteiger partial charge is 0.465 e. The van der Waals surface area contributed by atoms with Crippen molar-refractivity contribution in [3.8, 4) is 0 Å². The average Bonchev–Trinajstić information content (AvgIpc) is 2.89. The molecule has 6 nitrogen and oxygen atoms in total. The van der Waals surface area contributed by atoms with Gasteiger partial charge in [0.2, 0.25) is 0 Å². The van der Waals surface area contributed by atoms with Gasteiger partial charge in [-0.15, -0.1) is 11.6 Å². The van der Waals surface area contributed by atoms with E-state index in [1.54, 1.807) is 6.20 Å². The van der Waals surface area contributed by atoms with Crippen LogP contribution in [0.1, 0.15) is 12.2 Å². The minimum absolute atomic E-state index is 0.301. The van der Waals surface area contributed by atoms with Gasteiger partial charge in [0.15, 0.2) is 0 Å². The summed E-state index contributed by atoms with van der Waals surface area (Å²) in [6.45, 7) is 1.03. The Labute approximate surface area is 131 Å². The number of halogens is 1. The molecular formula is C15H15ClN4O2. The maximum Gasteiger partial charge on any atom is 0.404 e. The van der Waals surface area contributed by atoms with Crippen LogP contribution in [0.15, 0.2) is 30.5 Å². The summed E-state index contributed by atoms with van der Waals surface area (Å²) >= 11 is 6.00. The molecule has 2 heterocycles. The first-order valence-electron chi connectivity index (χ1n) is 6.96. The Bertz CT molecular complexity index is 831. The zero-order valence-electron chi connectivity index (χ0n) is 11.8. The van der Waals surface area contributed by atoms with Crippen molar-refractivity contribution >= 4 is 39.6 Å². The van der Waals surface area contributed by atoms with Crippen LogP contribution in [0.25, 0.3) is 21.9 Å². The summed E-state index contributed by atoms with van der Waals surface area (Å²) in [4.78, 5) is 19.4. The van der Waals surface area contributed by atoms with Crippen LogP contribution in [0, 0.1) is 0 Å². The lowest BCUT2D eigenvalue weighted by Gasteiger charge is -2.09. The second-order valence-corrected chi connectivity index (χ2v) is 5.18. The first-order chi connectivity index (χ1) is 10.7. The van der Waals surface area contributed by atoms with Crippen LogP contribution in [0.4, 0.5) is 4.79 Å². The van der Waals surface area contributed by atoms with Gasteiger partial charge in [0, 0.05) is 18.5 Å². The lowest BCUT2D eigenvalue weighted by molar-refractivity contribution is 0.194. The zero-order valence-corrected chi connectivity index (χ0v) is 12.5. The highest BCUT2D eigenvalue weighted by Gasteiger charge is 2.13. The Morgan fingerprint density at radius 3 is 2.91 bits per heavy atom. The van der Waals surface area contributed by atoms with E-state index < -0.39 is 6.09 Å². The van der Waals surface area contributed by atoms with Crippen molar-refractivity contribution in [2.45, 2.75) is 18.8 Å². The van der Waals surface area contributed by atoms with E-state index >= 15 is 0 Å². The Balaban J connectivity index is 2.02. The quantitative estimate of drug-likeness (QED) is 0.560. The molecule has 0 aliphatic carbocycles. The van der Waals surface area contributed by atoms with Gasteiger partial charge < -0.3 is 15.0 Å². The SMILES string of the molecule is O=C(O)NCCCn1c(CCl)nc2cnc3ccccc3c21. The molecule has 1 amide bonds. The first-order valence-corrected chi connectivity index (χ1v) is 7.50. The molecule has 0 saturated carbocycles. The van der Waals surface area contributed by atoms with E-state index in [4.69, 9.17) is 16.7 Å². The Morgan fingerprint density at radius 2 is 2.14 bits per heavy atom. The lowest BCUT2D eigenvalue weighted by atomic mass is 10.2. The van der Waals surface area contributed by atoms with Crippen LogP contribution in [-0.4, -0.2) is 32.3 Å². The molecule has 22 heavy (non-hydrogen) atoms. The molecule has 2 N–H and O–H groups in total. The fraction of sp³-hybridized carbons (Fsp3) is 0.267. The molecule has 0 spiro atoms. The number of carbonyl (C=O) groups is 1. The van der Waals surface area contributed by atoms with Crippen molar-refractivity contribution in [2.75, 3.05) is 6.54 Å². The summed E-state index contributed by atoms with van der Waals surface area (Å²) in [5, 5.41) is 12.0. The highest BCUT2D eigenvalue weighted by Crippen LogP contribution is 2.25. The van der Waals surface area contributed by atoms with Crippen molar-refractivity contribution < 1.29 is 9.90 Å². The number of nitrogens with one attached hydrogen (secondary N) is 1. The maximum atomic E-state index is 10.5. The number of pyridine rings is 1. The van der Waals surface area contributed by atoms with Gasteiger partial charge in [0.25, 0.3) is 0 Å². The number of para-hydroxylation sites is 1. The molecule has 0 bridgehead atoms. The summed E-state index contributed by atoms with van der Waals surface area (Å²) in [6.07, 6.45) is 1.40. The molecule has 114 valence electrons. The summed E-state index contributed by atoms with van der Waals surface area (Å²) in [5.74, 6) is 1.07. The Hall–Kier alpha value is -2.34. The number of amides is 1. The molecule has 0 atom stereocenters. The van der Waals surface area contributed by atoms with E-state index in [-0.39, 0.29) is 0 Å². The molecule has 2 aromatic heterocycles. The summed E-state index contributed by atoms with van der Waals surface area (Å²) in [5.41, 5.74) is 2.71. The third-order valence-electron chi connectivity index (χ3n) is 3.51. The van der Waals surface area contributed by atoms with Gasteiger partial charge in [-0.3, -0.25) is 4.98 Å². The number of rotatable bonds is 5. The van der Waals surface area contributed by atoms with Crippen LogP contribution >= 0.6 is 11.6 Å². The van der Waals surface area contributed by atoms with Crippen molar-refractivity contribution in [3.05, 3.63) is 36.3 Å². The van der Waals surface area contributed by atoms with E-state index in [2.05, 4.69) is 19.9 Å². The van der Waals surface area contributed by atoms with Gasteiger partial charge in [-0.1, -0.05) is 18.2 Å². The summed E-state index contributed by atoms with van der Waals surface area (Å²) in [6, 6.07) is 7.88. The lowest BCUT2D eigenvalue weighted by Crippen LogP contribution is -2.23. The predicted octanol–water partition coefficient (Wildman–Crippen LogP) is 2.98. The van der Waals surface area contributed by atoms with E-state index in [9.17, 15) is 4.79 Å². The number of benzene rings is 1. The molecule has 0 aliphatic rings. The summed E-state index contributed by atoms with van der Waals surface area (Å²) < 4.78 is 2.05. The van der Waals surface area contributed by atoms with Gasteiger partial charge in [-0.25, -0.2) is 9.78 Å². The number of carboxylic acid groups (broad SMARTS) is 1. The Morgan fingerprint density at radius 1 is 1.32 bits per heavy atom. The molecule has 0 unspecified atom stereocenters. The predicted molar refractivity (Wildman–Crippen MR) is 85.2 cm³/mol. The van der Waals surface area contributed by atoms with Gasteiger partial charge in [0.05, 0.1) is 23.1 Å². The number of hydrogen-bond acceptors (Lipinski definition) is 3. The number of alkyl halides is 1. The van der Waals surface area contributed by atoms with E-state index in [0.29, 0.717) is 25.4 Å². The highest BCUT2D eigenvalue weighted by molar-refractivity contribution is 6.17. The highest BCUT2D eigenvalue weighted by atomic mass is 35.5. The van der Waals surface area contributed by atoms with Crippen LogP contribution in [0.2, 0.25) is 0 Å². The summed E-state index contributed by atoms with van der Waals surface area (Å²) in [7, 11) is 0. The minimum Gasteiger partial charge on any atom is -0.465 e. The van der Waals surface area contributed by atoms with E-state index in [0.717, 1.165) is 27.8 Å².